The minimum absolute atomic E-state index is 0.121. The van der Waals surface area contributed by atoms with Crippen molar-refractivity contribution in [3.63, 3.8) is 0 Å². The first-order valence-corrected chi connectivity index (χ1v) is 5.49. The fourth-order valence-electron chi connectivity index (χ4n) is 2.17. The van der Waals surface area contributed by atoms with Crippen molar-refractivity contribution < 1.29 is 18.9 Å². The van der Waals surface area contributed by atoms with Crippen LogP contribution >= 0.6 is 0 Å². The van der Waals surface area contributed by atoms with E-state index in [1.807, 2.05) is 10.8 Å². The van der Waals surface area contributed by atoms with E-state index in [4.69, 9.17) is 18.9 Å². The molecule has 0 amide bonds. The summed E-state index contributed by atoms with van der Waals surface area (Å²) in [6, 6.07) is 0. The Hall–Kier alpha value is -0.950. The van der Waals surface area contributed by atoms with Crippen molar-refractivity contribution in [3.05, 3.63) is 18.7 Å². The van der Waals surface area contributed by atoms with Crippen molar-refractivity contribution >= 4 is 0 Å². The highest BCUT2D eigenvalue weighted by Gasteiger charge is 2.42. The lowest BCUT2D eigenvalue weighted by molar-refractivity contribution is -0.232. The maximum atomic E-state index is 5.75. The van der Waals surface area contributed by atoms with Gasteiger partial charge in [0.25, 0.3) is 0 Å². The number of hydrogen-bond acceptors (Lipinski definition) is 5. The van der Waals surface area contributed by atoms with Crippen LogP contribution in [0.3, 0.4) is 0 Å². The second-order valence-electron chi connectivity index (χ2n) is 3.91. The van der Waals surface area contributed by atoms with Crippen molar-refractivity contribution in [3.8, 4) is 0 Å². The summed E-state index contributed by atoms with van der Waals surface area (Å²) in [4.78, 5) is 4.01. The van der Waals surface area contributed by atoms with Crippen LogP contribution in [0.4, 0.5) is 0 Å². The summed E-state index contributed by atoms with van der Waals surface area (Å²) < 4.78 is 23.9. The van der Waals surface area contributed by atoms with Gasteiger partial charge in [-0.2, -0.15) is 0 Å². The van der Waals surface area contributed by atoms with E-state index in [0.29, 0.717) is 6.61 Å². The molecule has 0 aliphatic carbocycles. The van der Waals surface area contributed by atoms with Gasteiger partial charge in [-0.3, -0.25) is 0 Å². The number of ether oxygens (including phenoxy) is 4. The molecule has 1 saturated heterocycles. The molecule has 1 fully saturated rings. The summed E-state index contributed by atoms with van der Waals surface area (Å²) in [6.07, 6.45) is 4.51. The fourth-order valence-corrected chi connectivity index (χ4v) is 2.17. The quantitative estimate of drug-likeness (QED) is 0.767. The third-order valence-corrected chi connectivity index (χ3v) is 3.07. The summed E-state index contributed by atoms with van der Waals surface area (Å²) in [7, 11) is 4.94. The average Bonchev–Trinajstić information content (AvgIpc) is 2.90. The molecule has 0 bridgehead atoms. The van der Waals surface area contributed by atoms with Crippen LogP contribution in [0.1, 0.15) is 6.23 Å². The van der Waals surface area contributed by atoms with Gasteiger partial charge in [0.15, 0.2) is 6.23 Å². The summed E-state index contributed by atoms with van der Waals surface area (Å²) in [5.41, 5.74) is 0. The van der Waals surface area contributed by atoms with E-state index < -0.39 is 0 Å². The zero-order valence-electron chi connectivity index (χ0n) is 10.3. The van der Waals surface area contributed by atoms with Gasteiger partial charge >= 0.3 is 0 Å². The molecule has 0 N–H and O–H groups in total. The van der Waals surface area contributed by atoms with Crippen LogP contribution in [0.25, 0.3) is 0 Å². The van der Waals surface area contributed by atoms with E-state index in [0.717, 1.165) is 0 Å². The number of imidazole rings is 1. The Kier molecular flexibility index (Phi) is 4.11. The molecular formula is C11H18N2O4. The Bertz CT molecular complexity index is 330. The van der Waals surface area contributed by atoms with Gasteiger partial charge in [0, 0.05) is 33.7 Å². The molecular weight excluding hydrogens is 224 g/mol. The normalized spacial score (nSPS) is 33.8. The molecule has 0 aromatic carbocycles. The Morgan fingerprint density at radius 2 is 1.94 bits per heavy atom. The van der Waals surface area contributed by atoms with Gasteiger partial charge in [0.2, 0.25) is 0 Å². The molecule has 0 spiro atoms. The Morgan fingerprint density at radius 3 is 2.47 bits per heavy atom. The number of hydrogen-bond donors (Lipinski definition) is 0. The lowest BCUT2D eigenvalue weighted by Crippen LogP contribution is -2.53. The minimum Gasteiger partial charge on any atom is -0.376 e. The maximum Gasteiger partial charge on any atom is 0.163 e. The van der Waals surface area contributed by atoms with E-state index >= 15 is 0 Å². The van der Waals surface area contributed by atoms with Crippen molar-refractivity contribution in [2.45, 2.75) is 24.5 Å². The van der Waals surface area contributed by atoms with E-state index in [1.165, 1.54) is 0 Å². The summed E-state index contributed by atoms with van der Waals surface area (Å²) in [5, 5.41) is 0. The average molecular weight is 242 g/mol. The van der Waals surface area contributed by atoms with Crippen molar-refractivity contribution in [1.29, 1.82) is 0 Å². The highest BCUT2D eigenvalue weighted by atomic mass is 16.6. The first-order chi connectivity index (χ1) is 8.31. The smallest absolute Gasteiger partial charge is 0.163 e. The molecule has 1 aliphatic heterocycles. The first-order valence-electron chi connectivity index (χ1n) is 5.49. The Labute approximate surface area is 100 Å². The molecule has 96 valence electrons. The number of aromatic nitrogens is 2. The predicted octanol–water partition coefficient (Wildman–Crippen LogP) is 0.457. The standard InChI is InChI=1S/C11H18N2O4/c1-14-8-6-17-11(13-5-4-12-7-13)10(16-3)9(8)15-2/h4-5,7-11H,6H2,1-3H3/t8-,9+,10-,11+/m1/s1. The molecule has 2 heterocycles. The van der Waals surface area contributed by atoms with E-state index in [9.17, 15) is 0 Å². The second-order valence-corrected chi connectivity index (χ2v) is 3.91. The lowest BCUT2D eigenvalue weighted by atomic mass is 10.0. The van der Waals surface area contributed by atoms with Gasteiger partial charge in [0.05, 0.1) is 12.9 Å². The number of methoxy groups -OCH3 is 3. The molecule has 6 nitrogen and oxygen atoms in total. The molecule has 2 rings (SSSR count). The van der Waals surface area contributed by atoms with Gasteiger partial charge < -0.3 is 23.5 Å². The van der Waals surface area contributed by atoms with Crippen LogP contribution in [0, 0.1) is 0 Å². The van der Waals surface area contributed by atoms with Crippen molar-refractivity contribution in [2.24, 2.45) is 0 Å². The molecule has 1 aromatic rings. The monoisotopic (exact) mass is 242 g/mol. The highest BCUT2D eigenvalue weighted by molar-refractivity contribution is 4.90. The van der Waals surface area contributed by atoms with Crippen LogP contribution in [0.5, 0.6) is 0 Å². The Balaban J connectivity index is 2.19. The SMILES string of the molecule is CO[C@@H]1[C@@H](OC)[C@@H](n2ccnc2)OC[C@H]1OC. The molecule has 0 radical (unpaired) electrons. The lowest BCUT2D eigenvalue weighted by Gasteiger charge is -2.40. The van der Waals surface area contributed by atoms with Gasteiger partial charge in [0.1, 0.15) is 18.3 Å². The van der Waals surface area contributed by atoms with Crippen LogP contribution in [-0.2, 0) is 18.9 Å². The molecule has 17 heavy (non-hydrogen) atoms. The number of rotatable bonds is 4. The predicted molar refractivity (Wildman–Crippen MR) is 59.6 cm³/mol. The Morgan fingerprint density at radius 1 is 1.18 bits per heavy atom. The maximum absolute atomic E-state index is 5.75. The first kappa shape index (κ1) is 12.5. The zero-order chi connectivity index (χ0) is 12.3. The molecule has 0 saturated carbocycles. The van der Waals surface area contributed by atoms with Crippen LogP contribution in [0.15, 0.2) is 18.7 Å². The van der Waals surface area contributed by atoms with E-state index in [1.54, 1.807) is 33.9 Å². The van der Waals surface area contributed by atoms with Gasteiger partial charge in [-0.25, -0.2) is 4.98 Å². The molecule has 4 atom stereocenters. The van der Waals surface area contributed by atoms with Gasteiger partial charge in [-0.15, -0.1) is 0 Å². The number of nitrogens with zero attached hydrogens (tertiary/aromatic N) is 2. The van der Waals surface area contributed by atoms with Crippen molar-refractivity contribution in [1.82, 2.24) is 9.55 Å². The summed E-state index contributed by atoms with van der Waals surface area (Å²) in [5.74, 6) is 0. The van der Waals surface area contributed by atoms with Crippen LogP contribution < -0.4 is 0 Å². The third kappa shape index (κ3) is 2.35. The second kappa shape index (κ2) is 5.59. The van der Waals surface area contributed by atoms with Crippen molar-refractivity contribution in [2.75, 3.05) is 27.9 Å². The molecule has 6 heteroatoms. The molecule has 1 aromatic heterocycles. The fraction of sp³-hybridized carbons (Fsp3) is 0.727. The van der Waals surface area contributed by atoms with E-state index in [2.05, 4.69) is 4.98 Å². The molecule has 1 aliphatic rings. The van der Waals surface area contributed by atoms with Crippen LogP contribution in [0.2, 0.25) is 0 Å². The van der Waals surface area contributed by atoms with Gasteiger partial charge in [-0.1, -0.05) is 0 Å². The minimum atomic E-state index is -0.237. The topological polar surface area (TPSA) is 54.7 Å². The molecule has 0 unspecified atom stereocenters. The van der Waals surface area contributed by atoms with Crippen LogP contribution in [-0.4, -0.2) is 55.8 Å². The van der Waals surface area contributed by atoms with Gasteiger partial charge in [-0.05, 0) is 0 Å². The largest absolute Gasteiger partial charge is 0.376 e. The summed E-state index contributed by atoms with van der Waals surface area (Å²) >= 11 is 0. The highest BCUT2D eigenvalue weighted by Crippen LogP contribution is 2.28. The third-order valence-electron chi connectivity index (χ3n) is 3.07. The summed E-state index contributed by atoms with van der Waals surface area (Å²) in [6.45, 7) is 0.470. The zero-order valence-corrected chi connectivity index (χ0v) is 10.3. The van der Waals surface area contributed by atoms with E-state index in [-0.39, 0.29) is 24.5 Å².